The minimum absolute atomic E-state index is 0.770. The maximum absolute atomic E-state index is 4.40. The van der Waals surface area contributed by atoms with Gasteiger partial charge in [-0.05, 0) is 175 Å². The number of hydrogen-bond acceptors (Lipinski definition) is 6. The summed E-state index contributed by atoms with van der Waals surface area (Å²) >= 11 is 3.72. The van der Waals surface area contributed by atoms with Crippen molar-refractivity contribution in [2.45, 2.75) is 5.41 Å². The van der Waals surface area contributed by atoms with Crippen molar-refractivity contribution in [3.8, 4) is 76.5 Å². The largest absolute Gasteiger partial charge is 0.310 e. The first-order valence-corrected chi connectivity index (χ1v) is 33.1. The third-order valence-corrected chi connectivity index (χ3v) is 20.7. The molecule has 438 valence electrons. The van der Waals surface area contributed by atoms with Crippen LogP contribution in [-0.2, 0) is 5.41 Å². The highest BCUT2D eigenvalue weighted by atomic mass is 32.1. The van der Waals surface area contributed by atoms with Crippen molar-refractivity contribution in [2.24, 2.45) is 0 Å². The third-order valence-electron chi connectivity index (χ3n) is 18.3. The van der Waals surface area contributed by atoms with Crippen molar-refractivity contribution in [1.82, 2.24) is 9.97 Å². The predicted octanol–water partition coefficient (Wildman–Crippen LogP) is 24.2. The average molecular weight is 1220 g/mol. The fourth-order valence-electron chi connectivity index (χ4n) is 14.2. The van der Waals surface area contributed by atoms with E-state index in [-0.39, 0.29) is 0 Å². The van der Waals surface area contributed by atoms with Gasteiger partial charge in [-0.3, -0.25) is 9.97 Å². The zero-order valence-electron chi connectivity index (χ0n) is 50.6. The Kier molecular flexibility index (Phi) is 14.1. The summed E-state index contributed by atoms with van der Waals surface area (Å²) in [6, 6.07) is 121. The molecule has 0 amide bonds. The second-order valence-electron chi connectivity index (χ2n) is 23.6. The number of pyridine rings is 2. The number of rotatable bonds is 14. The molecule has 0 saturated heterocycles. The lowest BCUT2D eigenvalue weighted by Gasteiger charge is -2.35. The van der Waals surface area contributed by atoms with E-state index in [2.05, 4.69) is 347 Å². The Hall–Kier alpha value is -11.5. The minimum atomic E-state index is -0.770. The van der Waals surface area contributed by atoms with Crippen LogP contribution >= 0.6 is 22.7 Å². The number of benzene rings is 12. The Labute approximate surface area is 549 Å². The fourth-order valence-corrected chi connectivity index (χ4v) is 16.7. The third kappa shape index (κ3) is 9.83. The lowest BCUT2D eigenvalue weighted by Crippen LogP contribution is -2.29. The highest BCUT2D eigenvalue weighted by Gasteiger charge is 2.47. The van der Waals surface area contributed by atoms with Gasteiger partial charge in [-0.2, -0.15) is 0 Å². The molecular formula is C87H58N4S2. The molecule has 0 atom stereocenters. The maximum atomic E-state index is 4.40. The zero-order chi connectivity index (χ0) is 61.7. The van der Waals surface area contributed by atoms with Crippen LogP contribution in [0.3, 0.4) is 0 Å². The van der Waals surface area contributed by atoms with Crippen LogP contribution in [0.4, 0.5) is 34.1 Å². The molecule has 4 nitrogen and oxygen atoms in total. The standard InChI is InChI=1S/C87H58N4S2/c1-7-21-61(22-8-1)83-77-43-39-73(57-81(77)92-85(83)63-25-11-3-12-26-63)90(69-35-19-29-65(53-69)59-45-49-88-50-46-59)71-37-41-75-76-42-38-72(56-80(76)87(79(75)55-71,67-31-15-5-16-32-67)68-33-17-6-18-34-68)91(70-36-20-30-66(54-70)60-47-51-89-52-48-60)74-40-44-78-82(58-74)93-86(64-27-13-4-14-28-64)84(78)62-23-9-2-10-24-62/h1-58H. The molecule has 1 aliphatic carbocycles. The van der Waals surface area contributed by atoms with Crippen molar-refractivity contribution in [2.75, 3.05) is 9.80 Å². The molecule has 0 radical (unpaired) electrons. The van der Waals surface area contributed by atoms with Gasteiger partial charge in [0.25, 0.3) is 0 Å². The van der Waals surface area contributed by atoms with Crippen LogP contribution in [0.2, 0.25) is 0 Å². The summed E-state index contributed by atoms with van der Waals surface area (Å²) in [7, 11) is 0. The van der Waals surface area contributed by atoms with E-state index in [1.54, 1.807) is 0 Å². The molecule has 0 unspecified atom stereocenters. The van der Waals surface area contributed by atoms with Gasteiger partial charge < -0.3 is 9.80 Å². The molecule has 4 heterocycles. The molecule has 16 aromatic rings. The summed E-state index contributed by atoms with van der Waals surface area (Å²) in [6.07, 6.45) is 7.50. The van der Waals surface area contributed by atoms with Crippen LogP contribution in [0.25, 0.3) is 96.7 Å². The molecule has 12 aromatic carbocycles. The van der Waals surface area contributed by atoms with Crippen molar-refractivity contribution in [1.29, 1.82) is 0 Å². The van der Waals surface area contributed by atoms with Crippen LogP contribution in [0.1, 0.15) is 22.3 Å². The molecule has 0 spiro atoms. The van der Waals surface area contributed by atoms with Gasteiger partial charge in [-0.1, -0.05) is 231 Å². The first-order valence-electron chi connectivity index (χ1n) is 31.5. The van der Waals surface area contributed by atoms with E-state index in [1.807, 2.05) is 47.5 Å². The Balaban J connectivity index is 0.885. The van der Waals surface area contributed by atoms with Gasteiger partial charge in [0, 0.05) is 100.0 Å². The Morgan fingerprint density at radius 3 is 0.957 bits per heavy atom. The highest BCUT2D eigenvalue weighted by molar-refractivity contribution is 7.23. The lowest BCUT2D eigenvalue weighted by molar-refractivity contribution is 0.768. The lowest BCUT2D eigenvalue weighted by atomic mass is 9.67. The van der Waals surface area contributed by atoms with Crippen LogP contribution in [0.5, 0.6) is 0 Å². The second kappa shape index (κ2) is 23.7. The van der Waals surface area contributed by atoms with Crippen molar-refractivity contribution < 1.29 is 0 Å². The molecule has 6 heteroatoms. The minimum Gasteiger partial charge on any atom is -0.310 e. The summed E-state index contributed by atoms with van der Waals surface area (Å²) in [4.78, 5) is 16.2. The van der Waals surface area contributed by atoms with Crippen molar-refractivity contribution in [3.05, 3.63) is 375 Å². The number of nitrogens with zero attached hydrogens (tertiary/aromatic N) is 4. The quantitative estimate of drug-likeness (QED) is 0.109. The highest BCUT2D eigenvalue weighted by Crippen LogP contribution is 2.59. The summed E-state index contributed by atoms with van der Waals surface area (Å²) in [5.41, 5.74) is 24.5. The first kappa shape index (κ1) is 55.5. The molecular weight excluding hydrogens is 1170 g/mol. The first-order chi connectivity index (χ1) is 46.1. The molecule has 1 aliphatic rings. The number of fused-ring (bicyclic) bond motifs is 5. The van der Waals surface area contributed by atoms with Gasteiger partial charge in [0.2, 0.25) is 0 Å². The molecule has 0 bridgehead atoms. The molecule has 93 heavy (non-hydrogen) atoms. The number of aromatic nitrogens is 2. The van der Waals surface area contributed by atoms with Crippen molar-refractivity contribution in [3.63, 3.8) is 0 Å². The molecule has 0 fully saturated rings. The predicted molar refractivity (Wildman–Crippen MR) is 392 cm³/mol. The summed E-state index contributed by atoms with van der Waals surface area (Å²) < 4.78 is 2.43. The molecule has 0 N–H and O–H groups in total. The molecule has 4 aromatic heterocycles. The number of anilines is 6. The molecule has 0 saturated carbocycles. The van der Waals surface area contributed by atoms with E-state index in [0.717, 1.165) is 56.4 Å². The summed E-state index contributed by atoms with van der Waals surface area (Å²) in [5, 5.41) is 2.46. The Morgan fingerprint density at radius 1 is 0.247 bits per heavy atom. The Morgan fingerprint density at radius 2 is 0.570 bits per heavy atom. The normalized spacial score (nSPS) is 12.2. The number of hydrogen-bond donors (Lipinski definition) is 0. The van der Waals surface area contributed by atoms with E-state index >= 15 is 0 Å². The van der Waals surface area contributed by atoms with Gasteiger partial charge >= 0.3 is 0 Å². The van der Waals surface area contributed by atoms with Crippen LogP contribution < -0.4 is 9.80 Å². The summed E-state index contributed by atoms with van der Waals surface area (Å²) in [5.74, 6) is 0. The zero-order valence-corrected chi connectivity index (χ0v) is 52.2. The second-order valence-corrected chi connectivity index (χ2v) is 25.7. The maximum Gasteiger partial charge on any atom is 0.0715 e. The smallest absolute Gasteiger partial charge is 0.0715 e. The van der Waals surface area contributed by atoms with E-state index < -0.39 is 5.41 Å². The average Bonchev–Trinajstić information content (AvgIpc) is 1.55. The van der Waals surface area contributed by atoms with Gasteiger partial charge in [-0.25, -0.2) is 0 Å². The Bertz CT molecular complexity index is 5030. The number of thiophene rings is 2. The topological polar surface area (TPSA) is 32.3 Å². The summed E-state index contributed by atoms with van der Waals surface area (Å²) in [6.45, 7) is 0. The van der Waals surface area contributed by atoms with Gasteiger partial charge in [0.15, 0.2) is 0 Å². The van der Waals surface area contributed by atoms with E-state index in [0.29, 0.717) is 0 Å². The fraction of sp³-hybridized carbons (Fsp3) is 0.0115. The van der Waals surface area contributed by atoms with Gasteiger partial charge in [-0.15, -0.1) is 22.7 Å². The van der Waals surface area contributed by atoms with E-state index in [1.165, 1.54) is 96.7 Å². The van der Waals surface area contributed by atoms with Crippen molar-refractivity contribution >= 4 is 77.0 Å². The monoisotopic (exact) mass is 1220 g/mol. The van der Waals surface area contributed by atoms with E-state index in [4.69, 9.17) is 0 Å². The van der Waals surface area contributed by atoms with Crippen LogP contribution in [0.15, 0.2) is 352 Å². The van der Waals surface area contributed by atoms with Gasteiger partial charge in [0.1, 0.15) is 0 Å². The molecule has 17 rings (SSSR count). The van der Waals surface area contributed by atoms with Gasteiger partial charge in [0.05, 0.1) is 5.41 Å². The van der Waals surface area contributed by atoms with Crippen LogP contribution in [0, 0.1) is 0 Å². The molecule has 0 aliphatic heterocycles. The SMILES string of the molecule is c1ccc(-c2sc3cc(N(c4cccc(-c5ccncc5)c4)c4ccc5c(c4)C(c4ccccc4)(c4ccccc4)c4cc(N(c6cccc(-c7ccncc7)c6)c6ccc7c(-c8ccccc8)c(-c8ccccc8)sc7c6)ccc4-5)ccc3c2-c2ccccc2)cc1. The van der Waals surface area contributed by atoms with Crippen LogP contribution in [-0.4, -0.2) is 9.97 Å². The van der Waals surface area contributed by atoms with E-state index in [9.17, 15) is 0 Å².